The quantitative estimate of drug-likeness (QED) is 0.604. The summed E-state index contributed by atoms with van der Waals surface area (Å²) in [6.07, 6.45) is 2.90. The average molecular weight is 232 g/mol. The van der Waals surface area contributed by atoms with Crippen molar-refractivity contribution in [3.05, 3.63) is 23.9 Å². The van der Waals surface area contributed by atoms with Gasteiger partial charge in [0, 0.05) is 24.8 Å². The van der Waals surface area contributed by atoms with Gasteiger partial charge in [0.1, 0.15) is 11.7 Å². The van der Waals surface area contributed by atoms with Crippen molar-refractivity contribution in [2.75, 3.05) is 18.0 Å². The molecule has 2 unspecified atom stereocenters. The first kappa shape index (κ1) is 11.9. The Morgan fingerprint density at radius 1 is 1.41 bits per heavy atom. The zero-order valence-corrected chi connectivity index (χ0v) is 10.5. The van der Waals surface area contributed by atoms with Gasteiger partial charge in [-0.05, 0) is 30.4 Å². The van der Waals surface area contributed by atoms with E-state index in [4.69, 9.17) is 11.1 Å². The Morgan fingerprint density at radius 3 is 2.71 bits per heavy atom. The van der Waals surface area contributed by atoms with Gasteiger partial charge < -0.3 is 10.6 Å². The molecule has 1 aliphatic rings. The molecule has 0 radical (unpaired) electrons. The number of anilines is 1. The summed E-state index contributed by atoms with van der Waals surface area (Å²) in [7, 11) is 0. The lowest BCUT2D eigenvalue weighted by atomic mass is 9.89. The number of aromatic nitrogens is 1. The molecule has 0 saturated carbocycles. The number of pyridine rings is 1. The highest BCUT2D eigenvalue weighted by molar-refractivity contribution is 5.94. The van der Waals surface area contributed by atoms with E-state index in [2.05, 4.69) is 23.7 Å². The minimum atomic E-state index is 0.0738. The summed E-state index contributed by atoms with van der Waals surface area (Å²) < 4.78 is 0. The third kappa shape index (κ3) is 2.57. The predicted octanol–water partition coefficient (Wildman–Crippen LogP) is 1.85. The van der Waals surface area contributed by atoms with Crippen LogP contribution < -0.4 is 10.6 Å². The van der Waals surface area contributed by atoms with Crippen molar-refractivity contribution < 1.29 is 0 Å². The molecule has 1 aliphatic heterocycles. The number of piperidine rings is 1. The summed E-state index contributed by atoms with van der Waals surface area (Å²) in [5.74, 6) is 2.57. The predicted molar refractivity (Wildman–Crippen MR) is 70.4 cm³/mol. The molecule has 17 heavy (non-hydrogen) atoms. The molecule has 2 atom stereocenters. The van der Waals surface area contributed by atoms with E-state index in [1.165, 1.54) is 6.42 Å². The summed E-state index contributed by atoms with van der Waals surface area (Å²) >= 11 is 0. The van der Waals surface area contributed by atoms with Crippen LogP contribution in [-0.2, 0) is 0 Å². The first-order valence-corrected chi connectivity index (χ1v) is 6.13. The second kappa shape index (κ2) is 4.73. The van der Waals surface area contributed by atoms with Crippen LogP contribution in [0.2, 0.25) is 0 Å². The van der Waals surface area contributed by atoms with E-state index in [0.717, 1.165) is 24.8 Å². The van der Waals surface area contributed by atoms with E-state index < -0.39 is 0 Å². The second-order valence-electron chi connectivity index (χ2n) is 5.01. The Bertz CT molecular complexity index is 398. The molecular weight excluding hydrogens is 212 g/mol. The Hall–Kier alpha value is -1.58. The van der Waals surface area contributed by atoms with E-state index in [0.29, 0.717) is 11.5 Å². The van der Waals surface area contributed by atoms with E-state index in [9.17, 15) is 0 Å². The van der Waals surface area contributed by atoms with Crippen molar-refractivity contribution in [2.24, 2.45) is 17.6 Å². The molecule has 0 aromatic carbocycles. The summed E-state index contributed by atoms with van der Waals surface area (Å²) in [6.45, 7) is 6.74. The Kier molecular flexibility index (Phi) is 3.31. The Morgan fingerprint density at radius 2 is 2.18 bits per heavy atom. The van der Waals surface area contributed by atoms with Crippen LogP contribution in [0.15, 0.2) is 18.3 Å². The molecule has 3 N–H and O–H groups in total. The van der Waals surface area contributed by atoms with Crippen LogP contribution >= 0.6 is 0 Å². The number of hydrogen-bond donors (Lipinski definition) is 2. The lowest BCUT2D eigenvalue weighted by Crippen LogP contribution is -2.38. The fourth-order valence-corrected chi connectivity index (χ4v) is 2.20. The second-order valence-corrected chi connectivity index (χ2v) is 5.01. The molecule has 0 aliphatic carbocycles. The molecule has 4 nitrogen and oxygen atoms in total. The SMILES string of the molecule is CC1CCN(c2ccc(C(=N)N)cn2)CC1C. The normalized spacial score (nSPS) is 24.7. The van der Waals surface area contributed by atoms with Gasteiger partial charge in [0.2, 0.25) is 0 Å². The molecule has 1 fully saturated rings. The maximum Gasteiger partial charge on any atom is 0.128 e. The van der Waals surface area contributed by atoms with Crippen molar-refractivity contribution >= 4 is 11.7 Å². The fourth-order valence-electron chi connectivity index (χ4n) is 2.20. The molecule has 4 heteroatoms. The standard InChI is InChI=1S/C13H20N4/c1-9-5-6-17(8-10(9)2)12-4-3-11(7-16-12)13(14)15/h3-4,7,9-10H,5-6,8H2,1-2H3,(H3,14,15). The van der Waals surface area contributed by atoms with Gasteiger partial charge in [0.15, 0.2) is 0 Å². The van der Waals surface area contributed by atoms with Gasteiger partial charge in [-0.25, -0.2) is 4.98 Å². The summed E-state index contributed by atoms with van der Waals surface area (Å²) in [5, 5.41) is 7.33. The van der Waals surface area contributed by atoms with E-state index in [-0.39, 0.29) is 5.84 Å². The van der Waals surface area contributed by atoms with Gasteiger partial charge in [-0.15, -0.1) is 0 Å². The van der Waals surface area contributed by atoms with Crippen molar-refractivity contribution in [3.8, 4) is 0 Å². The van der Waals surface area contributed by atoms with Gasteiger partial charge >= 0.3 is 0 Å². The minimum Gasteiger partial charge on any atom is -0.384 e. The number of rotatable bonds is 2. The van der Waals surface area contributed by atoms with Crippen LogP contribution in [0, 0.1) is 17.2 Å². The topological polar surface area (TPSA) is 66.0 Å². The molecule has 92 valence electrons. The fraction of sp³-hybridized carbons (Fsp3) is 0.538. The van der Waals surface area contributed by atoms with Crippen LogP contribution in [0.3, 0.4) is 0 Å². The first-order valence-electron chi connectivity index (χ1n) is 6.13. The number of nitrogens with two attached hydrogens (primary N) is 1. The van der Waals surface area contributed by atoms with Gasteiger partial charge in [0.25, 0.3) is 0 Å². The molecule has 0 amide bonds. The number of nitrogens with one attached hydrogen (secondary N) is 1. The Balaban J connectivity index is 2.10. The number of hydrogen-bond acceptors (Lipinski definition) is 3. The Labute approximate surface area is 102 Å². The van der Waals surface area contributed by atoms with E-state index in [1.807, 2.05) is 12.1 Å². The third-order valence-corrected chi connectivity index (χ3v) is 3.72. The number of nitrogens with zero attached hydrogens (tertiary/aromatic N) is 2. The van der Waals surface area contributed by atoms with E-state index >= 15 is 0 Å². The van der Waals surface area contributed by atoms with Gasteiger partial charge in [-0.2, -0.15) is 0 Å². The molecule has 2 rings (SSSR count). The average Bonchev–Trinajstić information content (AvgIpc) is 2.33. The summed E-state index contributed by atoms with van der Waals surface area (Å²) in [4.78, 5) is 6.70. The highest BCUT2D eigenvalue weighted by Gasteiger charge is 2.23. The molecule has 1 aromatic heterocycles. The first-order chi connectivity index (χ1) is 8.08. The lowest BCUT2D eigenvalue weighted by Gasteiger charge is -2.36. The van der Waals surface area contributed by atoms with Gasteiger partial charge in [-0.1, -0.05) is 13.8 Å². The highest BCUT2D eigenvalue weighted by Crippen LogP contribution is 2.25. The molecular formula is C13H20N4. The van der Waals surface area contributed by atoms with Crippen molar-refractivity contribution in [1.29, 1.82) is 5.41 Å². The largest absolute Gasteiger partial charge is 0.384 e. The lowest BCUT2D eigenvalue weighted by molar-refractivity contribution is 0.323. The third-order valence-electron chi connectivity index (χ3n) is 3.72. The van der Waals surface area contributed by atoms with Crippen molar-refractivity contribution in [1.82, 2.24) is 4.98 Å². The maximum absolute atomic E-state index is 7.33. The van der Waals surface area contributed by atoms with Crippen molar-refractivity contribution in [2.45, 2.75) is 20.3 Å². The number of amidine groups is 1. The zero-order valence-electron chi connectivity index (χ0n) is 10.5. The van der Waals surface area contributed by atoms with Gasteiger partial charge in [0.05, 0.1) is 0 Å². The van der Waals surface area contributed by atoms with Crippen molar-refractivity contribution in [3.63, 3.8) is 0 Å². The molecule has 0 spiro atoms. The summed E-state index contributed by atoms with van der Waals surface area (Å²) in [5.41, 5.74) is 6.10. The monoisotopic (exact) mass is 232 g/mol. The van der Waals surface area contributed by atoms with Gasteiger partial charge in [-0.3, -0.25) is 5.41 Å². The van der Waals surface area contributed by atoms with Crippen LogP contribution in [0.1, 0.15) is 25.8 Å². The van der Waals surface area contributed by atoms with Crippen LogP contribution in [0.25, 0.3) is 0 Å². The van der Waals surface area contributed by atoms with E-state index in [1.54, 1.807) is 6.20 Å². The zero-order chi connectivity index (χ0) is 12.4. The maximum atomic E-state index is 7.33. The molecule has 0 bridgehead atoms. The summed E-state index contributed by atoms with van der Waals surface area (Å²) in [6, 6.07) is 3.83. The highest BCUT2D eigenvalue weighted by atomic mass is 15.2. The number of nitrogen functional groups attached to an aromatic ring is 1. The van der Waals surface area contributed by atoms with Crippen LogP contribution in [-0.4, -0.2) is 23.9 Å². The molecule has 1 saturated heterocycles. The smallest absolute Gasteiger partial charge is 0.128 e. The minimum absolute atomic E-state index is 0.0738. The van der Waals surface area contributed by atoms with Crippen LogP contribution in [0.4, 0.5) is 5.82 Å². The van der Waals surface area contributed by atoms with Crippen LogP contribution in [0.5, 0.6) is 0 Å². The molecule has 2 heterocycles. The molecule has 1 aromatic rings.